The lowest BCUT2D eigenvalue weighted by Gasteiger charge is -2.26. The number of carboxylic acids is 1. The second-order valence-corrected chi connectivity index (χ2v) is 5.88. The molecule has 4 nitrogen and oxygen atoms in total. The molecule has 0 spiro atoms. The lowest BCUT2D eigenvalue weighted by Crippen LogP contribution is -2.49. The Morgan fingerprint density at radius 3 is 2.65 bits per heavy atom. The number of carbonyl (C=O) groups is 2. The molecule has 0 bridgehead atoms. The van der Waals surface area contributed by atoms with Crippen LogP contribution in [0.2, 0.25) is 0 Å². The topological polar surface area (TPSA) is 60.4 Å². The van der Waals surface area contributed by atoms with Crippen LogP contribution in [0.3, 0.4) is 0 Å². The van der Waals surface area contributed by atoms with Crippen LogP contribution in [-0.4, -0.2) is 27.1 Å². The average Bonchev–Trinajstić information content (AvgIpc) is 2.68. The second kappa shape index (κ2) is 6.19. The van der Waals surface area contributed by atoms with Gasteiger partial charge in [0.15, 0.2) is 0 Å². The zero-order valence-corrected chi connectivity index (χ0v) is 12.4. The zero-order valence-electron chi connectivity index (χ0n) is 10.7. The summed E-state index contributed by atoms with van der Waals surface area (Å²) in [5, 5.41) is 11.1. The molecule has 1 amide bonds. The van der Waals surface area contributed by atoms with Crippen molar-refractivity contribution >= 4 is 46.3 Å². The number of rotatable bonds is 4. The molecule has 0 unspecified atom stereocenters. The monoisotopic (exact) mass is 306 g/mol. The number of benzene rings is 1. The Bertz CT molecular complexity index is 583. The summed E-state index contributed by atoms with van der Waals surface area (Å²) in [4.78, 5) is 24.9. The summed E-state index contributed by atoms with van der Waals surface area (Å²) < 4.78 is 0.258. The Morgan fingerprint density at radius 2 is 2.10 bits per heavy atom. The first-order chi connectivity index (χ1) is 9.54. The van der Waals surface area contributed by atoms with Crippen LogP contribution >= 0.6 is 24.0 Å². The van der Waals surface area contributed by atoms with E-state index in [-0.39, 0.29) is 16.6 Å². The predicted molar refractivity (Wildman–Crippen MR) is 80.5 cm³/mol. The van der Waals surface area contributed by atoms with E-state index in [1.807, 2.05) is 30.3 Å². The lowest BCUT2D eigenvalue weighted by molar-refractivity contribution is -0.310. The van der Waals surface area contributed by atoms with E-state index in [0.29, 0.717) is 4.91 Å². The van der Waals surface area contributed by atoms with E-state index >= 15 is 0 Å². The lowest BCUT2D eigenvalue weighted by atomic mass is 10.2. The Balaban J connectivity index is 2.29. The highest BCUT2D eigenvalue weighted by molar-refractivity contribution is 8.26. The molecule has 1 aliphatic heterocycles. The second-order valence-electron chi connectivity index (χ2n) is 4.21. The first-order valence-electron chi connectivity index (χ1n) is 6.07. The van der Waals surface area contributed by atoms with Crippen LogP contribution in [0.25, 0.3) is 6.08 Å². The maximum Gasteiger partial charge on any atom is 0.266 e. The van der Waals surface area contributed by atoms with Crippen LogP contribution in [0.1, 0.15) is 18.9 Å². The Hall–Kier alpha value is -1.66. The van der Waals surface area contributed by atoms with Gasteiger partial charge in [-0.1, -0.05) is 61.2 Å². The third-order valence-corrected chi connectivity index (χ3v) is 4.22. The van der Waals surface area contributed by atoms with E-state index in [1.54, 1.807) is 13.0 Å². The van der Waals surface area contributed by atoms with Gasteiger partial charge in [-0.15, -0.1) is 0 Å². The van der Waals surface area contributed by atoms with Gasteiger partial charge >= 0.3 is 0 Å². The van der Waals surface area contributed by atoms with E-state index in [0.717, 1.165) is 22.2 Å². The summed E-state index contributed by atoms with van der Waals surface area (Å²) in [6, 6.07) is 8.33. The number of thioether (sulfide) groups is 1. The largest absolute Gasteiger partial charge is 0.548 e. The van der Waals surface area contributed by atoms with Gasteiger partial charge in [0, 0.05) is 0 Å². The van der Waals surface area contributed by atoms with Crippen molar-refractivity contribution in [3.8, 4) is 0 Å². The number of carbonyl (C=O) groups excluding carboxylic acids is 2. The van der Waals surface area contributed by atoms with Crippen molar-refractivity contribution < 1.29 is 14.7 Å². The van der Waals surface area contributed by atoms with Gasteiger partial charge in [-0.05, 0) is 18.1 Å². The van der Waals surface area contributed by atoms with Gasteiger partial charge < -0.3 is 9.90 Å². The highest BCUT2D eigenvalue weighted by atomic mass is 32.2. The van der Waals surface area contributed by atoms with Gasteiger partial charge in [-0.3, -0.25) is 9.69 Å². The highest BCUT2D eigenvalue weighted by Gasteiger charge is 2.36. The minimum absolute atomic E-state index is 0.257. The summed E-state index contributed by atoms with van der Waals surface area (Å²) in [5.74, 6) is -1.66. The standard InChI is InChI=1S/C14H13NO3S2/c1-2-10(13(17)18)15-12(16)11(20-14(15)19)8-9-6-4-3-5-7-9/h3-8,10H,2H2,1H3,(H,17,18)/p-1/b11-8-/t10-/m0/s1. The number of amides is 1. The number of hydrogen-bond donors (Lipinski definition) is 0. The molecule has 0 aromatic heterocycles. The molecular formula is C14H12NO3S2-. The predicted octanol–water partition coefficient (Wildman–Crippen LogP) is 1.42. The van der Waals surface area contributed by atoms with E-state index < -0.39 is 12.0 Å². The maximum absolute atomic E-state index is 12.3. The van der Waals surface area contributed by atoms with E-state index in [1.165, 1.54) is 0 Å². The van der Waals surface area contributed by atoms with Gasteiger partial charge in [0.1, 0.15) is 4.32 Å². The van der Waals surface area contributed by atoms with E-state index in [9.17, 15) is 14.7 Å². The van der Waals surface area contributed by atoms with Crippen molar-refractivity contribution in [2.24, 2.45) is 0 Å². The molecule has 1 atom stereocenters. The van der Waals surface area contributed by atoms with Gasteiger partial charge in [0.05, 0.1) is 16.9 Å². The molecule has 0 saturated carbocycles. The summed E-state index contributed by atoms with van der Waals surface area (Å²) in [6.45, 7) is 1.68. The van der Waals surface area contributed by atoms with E-state index in [4.69, 9.17) is 12.2 Å². The van der Waals surface area contributed by atoms with Crippen molar-refractivity contribution in [1.82, 2.24) is 4.90 Å². The molecule has 20 heavy (non-hydrogen) atoms. The van der Waals surface area contributed by atoms with Gasteiger partial charge in [-0.25, -0.2) is 0 Å². The summed E-state index contributed by atoms with van der Waals surface area (Å²) in [7, 11) is 0. The van der Waals surface area contributed by atoms with Crippen LogP contribution in [0, 0.1) is 0 Å². The summed E-state index contributed by atoms with van der Waals surface area (Å²) in [6.07, 6.45) is 1.97. The van der Waals surface area contributed by atoms with Gasteiger partial charge in [0.25, 0.3) is 5.91 Å². The first kappa shape index (κ1) is 14.7. The molecule has 0 aliphatic carbocycles. The fraction of sp³-hybridized carbons (Fsp3) is 0.214. The molecule has 1 heterocycles. The Labute approximate surface area is 126 Å². The quantitative estimate of drug-likeness (QED) is 0.622. The fourth-order valence-corrected chi connectivity index (χ4v) is 3.26. The van der Waals surface area contributed by atoms with Crippen molar-refractivity contribution in [2.75, 3.05) is 0 Å². The Morgan fingerprint density at radius 1 is 1.45 bits per heavy atom. The zero-order chi connectivity index (χ0) is 14.7. The average molecular weight is 306 g/mol. The molecule has 1 aromatic rings. The van der Waals surface area contributed by atoms with Crippen LogP contribution in [0.4, 0.5) is 0 Å². The number of nitrogens with zero attached hydrogens (tertiary/aromatic N) is 1. The number of aliphatic carboxylic acids is 1. The molecule has 1 aromatic carbocycles. The van der Waals surface area contributed by atoms with E-state index in [2.05, 4.69) is 0 Å². The van der Waals surface area contributed by atoms with Crippen LogP contribution in [0.5, 0.6) is 0 Å². The van der Waals surface area contributed by atoms with Crippen molar-refractivity contribution in [2.45, 2.75) is 19.4 Å². The molecular weight excluding hydrogens is 294 g/mol. The van der Waals surface area contributed by atoms with Crippen molar-refractivity contribution in [1.29, 1.82) is 0 Å². The minimum Gasteiger partial charge on any atom is -0.548 e. The third kappa shape index (κ3) is 2.91. The van der Waals surface area contributed by atoms with Crippen molar-refractivity contribution in [3.05, 3.63) is 40.8 Å². The third-order valence-electron chi connectivity index (χ3n) is 2.89. The molecule has 2 rings (SSSR count). The SMILES string of the molecule is CC[C@@H](C(=O)[O-])N1C(=O)/C(=C/c2ccccc2)SC1=S. The minimum atomic E-state index is -1.29. The molecule has 104 valence electrons. The van der Waals surface area contributed by atoms with Gasteiger partial charge in [0.2, 0.25) is 0 Å². The molecule has 0 radical (unpaired) electrons. The van der Waals surface area contributed by atoms with Crippen LogP contribution in [-0.2, 0) is 9.59 Å². The number of hydrogen-bond acceptors (Lipinski definition) is 5. The molecule has 1 saturated heterocycles. The molecule has 0 N–H and O–H groups in total. The summed E-state index contributed by atoms with van der Waals surface area (Å²) in [5.41, 5.74) is 0.870. The van der Waals surface area contributed by atoms with Gasteiger partial charge in [-0.2, -0.15) is 0 Å². The first-order valence-corrected chi connectivity index (χ1v) is 7.30. The highest BCUT2D eigenvalue weighted by Crippen LogP contribution is 2.34. The number of carboxylic acid groups (broad SMARTS) is 1. The van der Waals surface area contributed by atoms with Crippen LogP contribution < -0.4 is 5.11 Å². The Kier molecular flexibility index (Phi) is 4.57. The molecule has 1 aliphatic rings. The summed E-state index contributed by atoms with van der Waals surface area (Å²) >= 11 is 6.22. The van der Waals surface area contributed by atoms with Crippen molar-refractivity contribution in [3.63, 3.8) is 0 Å². The molecule has 1 fully saturated rings. The maximum atomic E-state index is 12.3. The van der Waals surface area contributed by atoms with Crippen LogP contribution in [0.15, 0.2) is 35.2 Å². The normalized spacial score (nSPS) is 18.6. The molecule has 6 heteroatoms. The fourth-order valence-electron chi connectivity index (χ4n) is 1.90. The smallest absolute Gasteiger partial charge is 0.266 e. The number of thiocarbonyl (C=S) groups is 1.